The number of aliphatic hydroxyl groups excluding tert-OH is 1. The molecule has 1 aliphatic rings. The van der Waals surface area contributed by atoms with Gasteiger partial charge in [0, 0.05) is 12.4 Å². The number of carboxylic acid groups (broad SMARTS) is 1. The Hall–Kier alpha value is -1.46. The smallest absolute Gasteiger partial charge is 0.317 e. The molecule has 106 valence electrons. The van der Waals surface area contributed by atoms with Gasteiger partial charge in [-0.3, -0.25) is 9.78 Å². The first-order chi connectivity index (χ1) is 9.04. The van der Waals surface area contributed by atoms with Gasteiger partial charge in [-0.05, 0) is 42.7 Å². The number of aromatic nitrogens is 1. The van der Waals surface area contributed by atoms with Gasteiger partial charge in [-0.1, -0.05) is 13.0 Å². The van der Waals surface area contributed by atoms with Crippen molar-refractivity contribution < 1.29 is 15.0 Å². The molecule has 19 heavy (non-hydrogen) atoms. The number of aliphatic hydroxyl groups is 1. The maximum absolute atomic E-state index is 9.80. The number of pyridine rings is 1. The van der Waals surface area contributed by atoms with Crippen molar-refractivity contribution in [3.63, 3.8) is 0 Å². The van der Waals surface area contributed by atoms with E-state index in [1.807, 2.05) is 12.3 Å². The lowest BCUT2D eigenvalue weighted by atomic mass is 10.0. The molecule has 1 heterocycles. The largest absolute Gasteiger partial charge is 0.480 e. The Bertz CT molecular complexity index is 384. The number of nitrogens with zero attached hydrogens (tertiary/aromatic N) is 1. The topological polar surface area (TPSA) is 96.4 Å². The molecule has 4 N–H and O–H groups in total. The Morgan fingerprint density at radius 3 is 2.68 bits per heavy atom. The van der Waals surface area contributed by atoms with Gasteiger partial charge in [0.2, 0.25) is 0 Å². The van der Waals surface area contributed by atoms with Gasteiger partial charge >= 0.3 is 5.97 Å². The van der Waals surface area contributed by atoms with E-state index in [0.717, 1.165) is 18.8 Å². The van der Waals surface area contributed by atoms with Crippen LogP contribution >= 0.6 is 0 Å². The molecule has 3 atom stereocenters. The van der Waals surface area contributed by atoms with Crippen molar-refractivity contribution in [2.45, 2.75) is 32.3 Å². The number of carbonyl (C=O) groups is 1. The number of rotatable bonds is 5. The lowest BCUT2D eigenvalue weighted by Crippen LogP contribution is -2.11. The fraction of sp³-hybridized carbons (Fsp3) is 0.571. The third kappa shape index (κ3) is 6.31. The molecule has 1 saturated carbocycles. The minimum Gasteiger partial charge on any atom is -0.480 e. The van der Waals surface area contributed by atoms with E-state index in [9.17, 15) is 9.90 Å². The van der Waals surface area contributed by atoms with E-state index >= 15 is 0 Å². The highest BCUT2D eigenvalue weighted by Crippen LogP contribution is 2.41. The monoisotopic (exact) mass is 266 g/mol. The van der Waals surface area contributed by atoms with E-state index in [4.69, 9.17) is 5.11 Å². The molecule has 0 saturated heterocycles. The average molecular weight is 266 g/mol. The van der Waals surface area contributed by atoms with Gasteiger partial charge in [0.05, 0.1) is 12.6 Å². The first kappa shape index (κ1) is 15.6. The fourth-order valence-electron chi connectivity index (χ4n) is 1.96. The van der Waals surface area contributed by atoms with Gasteiger partial charge < -0.3 is 15.9 Å². The second kappa shape index (κ2) is 7.86. The summed E-state index contributed by atoms with van der Waals surface area (Å²) in [5, 5.41) is 17.4. The van der Waals surface area contributed by atoms with E-state index in [-0.39, 0.29) is 12.6 Å². The summed E-state index contributed by atoms with van der Waals surface area (Å²) in [6.45, 7) is 1.93. The normalized spacial score (nSPS) is 22.1. The first-order valence-corrected chi connectivity index (χ1v) is 6.53. The Labute approximate surface area is 113 Å². The molecule has 2 rings (SSSR count). The maximum Gasteiger partial charge on any atom is 0.317 e. The number of aliphatic carboxylic acids is 1. The van der Waals surface area contributed by atoms with Crippen molar-refractivity contribution in [3.8, 4) is 0 Å². The van der Waals surface area contributed by atoms with Crippen LogP contribution in [0.3, 0.4) is 0 Å². The molecule has 5 nitrogen and oxygen atoms in total. The van der Waals surface area contributed by atoms with Gasteiger partial charge in [0.15, 0.2) is 0 Å². The van der Waals surface area contributed by atoms with Crippen LogP contribution in [0.15, 0.2) is 24.5 Å². The third-order valence-corrected chi connectivity index (χ3v) is 3.29. The number of aryl methyl sites for hydroxylation is 1. The highest BCUT2D eigenvalue weighted by atomic mass is 16.4. The van der Waals surface area contributed by atoms with E-state index in [1.54, 1.807) is 6.20 Å². The van der Waals surface area contributed by atoms with Crippen molar-refractivity contribution in [2.75, 3.05) is 6.54 Å². The zero-order chi connectivity index (χ0) is 14.3. The molecule has 1 fully saturated rings. The van der Waals surface area contributed by atoms with Crippen LogP contribution in [0, 0.1) is 11.8 Å². The second-order valence-corrected chi connectivity index (χ2v) is 4.94. The van der Waals surface area contributed by atoms with Crippen LogP contribution in [0.5, 0.6) is 0 Å². The summed E-state index contributed by atoms with van der Waals surface area (Å²) in [5.74, 6) is 0.329. The highest BCUT2D eigenvalue weighted by Gasteiger charge is 2.38. The Balaban J connectivity index is 0.000000312. The lowest BCUT2D eigenvalue weighted by Gasteiger charge is -2.08. The Morgan fingerprint density at radius 2 is 2.26 bits per heavy atom. The number of carboxylic acids is 1. The Kier molecular flexibility index (Phi) is 6.45. The van der Waals surface area contributed by atoms with E-state index < -0.39 is 5.97 Å². The summed E-state index contributed by atoms with van der Waals surface area (Å²) >= 11 is 0. The fourth-order valence-corrected chi connectivity index (χ4v) is 1.96. The molecule has 0 amide bonds. The molecule has 0 bridgehead atoms. The number of nitrogens with two attached hydrogens (primary N) is 1. The summed E-state index contributed by atoms with van der Waals surface area (Å²) in [5.41, 5.74) is 5.79. The summed E-state index contributed by atoms with van der Waals surface area (Å²) in [6, 6.07) is 4.01. The maximum atomic E-state index is 9.80. The van der Waals surface area contributed by atoms with E-state index in [1.165, 1.54) is 12.0 Å². The second-order valence-electron chi connectivity index (χ2n) is 4.94. The summed E-state index contributed by atoms with van der Waals surface area (Å²) < 4.78 is 0. The average Bonchev–Trinajstić information content (AvgIpc) is 3.15. The predicted molar refractivity (Wildman–Crippen MR) is 72.5 cm³/mol. The van der Waals surface area contributed by atoms with Crippen LogP contribution in [-0.4, -0.2) is 33.8 Å². The van der Waals surface area contributed by atoms with Crippen LogP contribution in [0.25, 0.3) is 0 Å². The molecule has 0 aliphatic heterocycles. The van der Waals surface area contributed by atoms with Gasteiger partial charge in [-0.25, -0.2) is 0 Å². The quantitative estimate of drug-likeness (QED) is 0.740. The van der Waals surface area contributed by atoms with Gasteiger partial charge in [-0.2, -0.15) is 0 Å². The minimum atomic E-state index is -0.968. The zero-order valence-corrected chi connectivity index (χ0v) is 11.2. The first-order valence-electron chi connectivity index (χ1n) is 6.53. The van der Waals surface area contributed by atoms with Crippen molar-refractivity contribution in [3.05, 3.63) is 30.1 Å². The van der Waals surface area contributed by atoms with Crippen molar-refractivity contribution in [2.24, 2.45) is 17.6 Å². The van der Waals surface area contributed by atoms with E-state index in [0.29, 0.717) is 5.92 Å². The number of hydrogen-bond acceptors (Lipinski definition) is 4. The molecule has 1 aromatic rings. The van der Waals surface area contributed by atoms with Crippen LogP contribution in [0.2, 0.25) is 0 Å². The van der Waals surface area contributed by atoms with Crippen molar-refractivity contribution in [1.29, 1.82) is 0 Å². The molecule has 3 unspecified atom stereocenters. The van der Waals surface area contributed by atoms with Crippen LogP contribution in [0.4, 0.5) is 0 Å². The standard InChI is InChI=1S/C12H17NO.C2H5NO2/c1-9-7-11(9)12(14)5-4-10-3-2-6-13-8-10;3-1-2(4)5/h2-3,6,8-9,11-12,14H,4-5,7H2,1H3;1,3H2,(H,4,5). The molecular formula is C14H22N2O3. The number of hydrogen-bond donors (Lipinski definition) is 3. The zero-order valence-electron chi connectivity index (χ0n) is 11.2. The molecule has 0 radical (unpaired) electrons. The van der Waals surface area contributed by atoms with Gasteiger partial charge in [-0.15, -0.1) is 0 Å². The molecular weight excluding hydrogens is 244 g/mol. The van der Waals surface area contributed by atoms with Gasteiger partial charge in [0.25, 0.3) is 0 Å². The van der Waals surface area contributed by atoms with Gasteiger partial charge in [0.1, 0.15) is 0 Å². The molecule has 1 aliphatic carbocycles. The third-order valence-electron chi connectivity index (χ3n) is 3.29. The lowest BCUT2D eigenvalue weighted by molar-refractivity contribution is -0.135. The highest BCUT2D eigenvalue weighted by molar-refractivity contribution is 5.68. The van der Waals surface area contributed by atoms with Crippen LogP contribution in [0.1, 0.15) is 25.3 Å². The summed E-state index contributed by atoms with van der Waals surface area (Å²) in [4.78, 5) is 13.3. The molecule has 0 aromatic carbocycles. The molecule has 5 heteroatoms. The molecule has 1 aromatic heterocycles. The summed E-state index contributed by atoms with van der Waals surface area (Å²) in [7, 11) is 0. The minimum absolute atomic E-state index is 0.106. The summed E-state index contributed by atoms with van der Waals surface area (Å²) in [6.07, 6.45) is 6.57. The van der Waals surface area contributed by atoms with Crippen molar-refractivity contribution >= 4 is 5.97 Å². The predicted octanol–water partition coefficient (Wildman–Crippen LogP) is 1.06. The van der Waals surface area contributed by atoms with Crippen molar-refractivity contribution in [1.82, 2.24) is 4.98 Å². The SMILES string of the molecule is CC1CC1C(O)CCc1cccnc1.NCC(=O)O. The van der Waals surface area contributed by atoms with Crippen LogP contribution in [-0.2, 0) is 11.2 Å². The Morgan fingerprint density at radius 1 is 1.63 bits per heavy atom. The van der Waals surface area contributed by atoms with Crippen LogP contribution < -0.4 is 5.73 Å². The van der Waals surface area contributed by atoms with E-state index in [2.05, 4.69) is 23.7 Å². The molecule has 0 spiro atoms.